The van der Waals surface area contributed by atoms with E-state index in [1.54, 1.807) is 0 Å². The molecular formula is C16H32O2. The first-order valence-corrected chi connectivity index (χ1v) is 7.89. The number of ether oxygens (including phenoxy) is 1. The van der Waals surface area contributed by atoms with Crippen molar-refractivity contribution in [1.29, 1.82) is 0 Å². The van der Waals surface area contributed by atoms with Crippen LogP contribution in [-0.2, 0) is 4.74 Å². The van der Waals surface area contributed by atoms with Crippen LogP contribution < -0.4 is 0 Å². The van der Waals surface area contributed by atoms with Crippen molar-refractivity contribution in [3.05, 3.63) is 0 Å². The molecule has 0 aromatic rings. The van der Waals surface area contributed by atoms with Crippen molar-refractivity contribution in [1.82, 2.24) is 0 Å². The molecule has 0 saturated heterocycles. The first-order valence-electron chi connectivity index (χ1n) is 7.89. The standard InChI is InChI=1S/C16H32O2/c1-5-14(6-2)11-15(17)16(18-7-3)10-8-9-13(4)12-16/h13-15,17H,5-12H2,1-4H3. The van der Waals surface area contributed by atoms with Crippen LogP contribution in [0.3, 0.4) is 0 Å². The van der Waals surface area contributed by atoms with Gasteiger partial charge in [0.2, 0.25) is 0 Å². The van der Waals surface area contributed by atoms with Crippen molar-refractivity contribution in [2.45, 2.75) is 84.3 Å². The molecule has 0 amide bonds. The third-order valence-corrected chi connectivity index (χ3v) is 4.74. The molecule has 0 bridgehead atoms. The maximum Gasteiger partial charge on any atom is 0.0942 e. The number of hydrogen-bond acceptors (Lipinski definition) is 2. The van der Waals surface area contributed by atoms with Gasteiger partial charge in [-0.1, -0.05) is 46.5 Å². The average Bonchev–Trinajstić information content (AvgIpc) is 2.36. The summed E-state index contributed by atoms with van der Waals surface area (Å²) in [6.07, 6.45) is 7.48. The highest BCUT2D eigenvalue weighted by Crippen LogP contribution is 2.39. The Hall–Kier alpha value is -0.0800. The van der Waals surface area contributed by atoms with Gasteiger partial charge in [0.05, 0.1) is 11.7 Å². The molecule has 108 valence electrons. The van der Waals surface area contributed by atoms with E-state index in [4.69, 9.17) is 4.74 Å². The van der Waals surface area contributed by atoms with Crippen molar-refractivity contribution >= 4 is 0 Å². The van der Waals surface area contributed by atoms with Crippen LogP contribution in [0.1, 0.15) is 72.6 Å². The number of rotatable bonds is 7. The Bertz CT molecular complexity index is 221. The molecule has 0 spiro atoms. The predicted molar refractivity (Wildman–Crippen MR) is 76.7 cm³/mol. The van der Waals surface area contributed by atoms with Gasteiger partial charge in [0, 0.05) is 6.61 Å². The molecule has 1 N–H and O–H groups in total. The molecule has 0 aromatic carbocycles. The van der Waals surface area contributed by atoms with Crippen LogP contribution in [0.15, 0.2) is 0 Å². The van der Waals surface area contributed by atoms with Gasteiger partial charge in [-0.3, -0.25) is 0 Å². The highest BCUT2D eigenvalue weighted by molar-refractivity contribution is 4.93. The number of aliphatic hydroxyl groups is 1. The number of aliphatic hydroxyl groups excluding tert-OH is 1. The molecule has 1 aliphatic carbocycles. The molecule has 3 atom stereocenters. The molecule has 2 nitrogen and oxygen atoms in total. The molecule has 3 unspecified atom stereocenters. The Labute approximate surface area is 113 Å². The van der Waals surface area contributed by atoms with Gasteiger partial charge >= 0.3 is 0 Å². The minimum Gasteiger partial charge on any atom is -0.390 e. The SMILES string of the molecule is CCOC1(C(O)CC(CC)CC)CCCC(C)C1. The minimum absolute atomic E-state index is 0.255. The fraction of sp³-hybridized carbons (Fsp3) is 1.00. The molecule has 18 heavy (non-hydrogen) atoms. The van der Waals surface area contributed by atoms with E-state index in [9.17, 15) is 5.11 Å². The normalized spacial score (nSPS) is 30.7. The largest absolute Gasteiger partial charge is 0.390 e. The summed E-state index contributed by atoms with van der Waals surface area (Å²) >= 11 is 0. The lowest BCUT2D eigenvalue weighted by molar-refractivity contribution is -0.153. The van der Waals surface area contributed by atoms with E-state index in [0.717, 1.165) is 32.1 Å². The van der Waals surface area contributed by atoms with Crippen LogP contribution in [-0.4, -0.2) is 23.4 Å². The van der Waals surface area contributed by atoms with Gasteiger partial charge in [0.1, 0.15) is 0 Å². The van der Waals surface area contributed by atoms with Gasteiger partial charge in [-0.15, -0.1) is 0 Å². The van der Waals surface area contributed by atoms with Crippen LogP contribution in [0, 0.1) is 11.8 Å². The summed E-state index contributed by atoms with van der Waals surface area (Å²) in [4.78, 5) is 0. The summed E-state index contributed by atoms with van der Waals surface area (Å²) in [5.41, 5.74) is -0.255. The van der Waals surface area contributed by atoms with Gasteiger partial charge < -0.3 is 9.84 Å². The third-order valence-electron chi connectivity index (χ3n) is 4.74. The molecule has 1 fully saturated rings. The monoisotopic (exact) mass is 256 g/mol. The van der Waals surface area contributed by atoms with Gasteiger partial charge in [0.15, 0.2) is 0 Å². The topological polar surface area (TPSA) is 29.5 Å². The lowest BCUT2D eigenvalue weighted by Gasteiger charge is -2.44. The highest BCUT2D eigenvalue weighted by atomic mass is 16.5. The van der Waals surface area contributed by atoms with E-state index in [0.29, 0.717) is 18.4 Å². The highest BCUT2D eigenvalue weighted by Gasteiger charge is 2.42. The van der Waals surface area contributed by atoms with Crippen LogP contribution >= 0.6 is 0 Å². The van der Waals surface area contributed by atoms with Crippen LogP contribution in [0.5, 0.6) is 0 Å². The Morgan fingerprint density at radius 1 is 1.28 bits per heavy atom. The molecule has 0 radical (unpaired) electrons. The van der Waals surface area contributed by atoms with Crippen molar-refractivity contribution in [3.63, 3.8) is 0 Å². The number of hydrogen-bond donors (Lipinski definition) is 1. The van der Waals surface area contributed by atoms with E-state index in [2.05, 4.69) is 20.8 Å². The molecule has 1 aliphatic rings. The molecule has 0 aliphatic heterocycles. The minimum atomic E-state index is -0.287. The molecule has 1 saturated carbocycles. The molecule has 2 heteroatoms. The van der Waals surface area contributed by atoms with Crippen LogP contribution in [0.4, 0.5) is 0 Å². The average molecular weight is 256 g/mol. The van der Waals surface area contributed by atoms with Gasteiger partial charge in [0.25, 0.3) is 0 Å². The summed E-state index contributed by atoms with van der Waals surface area (Å²) < 4.78 is 6.04. The maximum atomic E-state index is 10.7. The van der Waals surface area contributed by atoms with Crippen molar-refractivity contribution < 1.29 is 9.84 Å². The quantitative estimate of drug-likeness (QED) is 0.741. The summed E-state index contributed by atoms with van der Waals surface area (Å²) in [5.74, 6) is 1.32. The van der Waals surface area contributed by atoms with Gasteiger partial charge in [-0.25, -0.2) is 0 Å². The Kier molecular flexibility index (Phi) is 6.65. The summed E-state index contributed by atoms with van der Waals surface area (Å²) in [6, 6.07) is 0. The Morgan fingerprint density at radius 3 is 2.44 bits per heavy atom. The van der Waals surface area contributed by atoms with Gasteiger partial charge in [-0.2, -0.15) is 0 Å². The first-order chi connectivity index (χ1) is 8.57. The second-order valence-electron chi connectivity index (χ2n) is 6.13. The van der Waals surface area contributed by atoms with E-state index >= 15 is 0 Å². The first kappa shape index (κ1) is 16.0. The van der Waals surface area contributed by atoms with E-state index < -0.39 is 0 Å². The fourth-order valence-corrected chi connectivity index (χ4v) is 3.51. The van der Waals surface area contributed by atoms with E-state index in [1.807, 2.05) is 6.92 Å². The Morgan fingerprint density at radius 2 is 1.94 bits per heavy atom. The lowest BCUT2D eigenvalue weighted by atomic mass is 9.73. The molecule has 0 aromatic heterocycles. The zero-order valence-electron chi connectivity index (χ0n) is 12.7. The van der Waals surface area contributed by atoms with Gasteiger partial charge in [-0.05, 0) is 38.0 Å². The zero-order chi connectivity index (χ0) is 13.6. The second-order valence-corrected chi connectivity index (χ2v) is 6.13. The fourth-order valence-electron chi connectivity index (χ4n) is 3.51. The summed E-state index contributed by atoms with van der Waals surface area (Å²) in [6.45, 7) is 9.49. The van der Waals surface area contributed by atoms with Crippen molar-refractivity contribution in [2.75, 3.05) is 6.61 Å². The molecule has 0 heterocycles. The van der Waals surface area contributed by atoms with Crippen LogP contribution in [0.25, 0.3) is 0 Å². The zero-order valence-corrected chi connectivity index (χ0v) is 12.7. The van der Waals surface area contributed by atoms with E-state index in [1.165, 1.54) is 12.8 Å². The molecular weight excluding hydrogens is 224 g/mol. The third kappa shape index (κ3) is 3.96. The van der Waals surface area contributed by atoms with E-state index in [-0.39, 0.29) is 11.7 Å². The smallest absolute Gasteiger partial charge is 0.0942 e. The Balaban J connectivity index is 2.69. The van der Waals surface area contributed by atoms with Crippen molar-refractivity contribution in [2.24, 2.45) is 11.8 Å². The maximum absolute atomic E-state index is 10.7. The van der Waals surface area contributed by atoms with Crippen LogP contribution in [0.2, 0.25) is 0 Å². The summed E-state index contributed by atoms with van der Waals surface area (Å²) in [5, 5.41) is 10.7. The lowest BCUT2D eigenvalue weighted by Crippen LogP contribution is -2.49. The molecule has 1 rings (SSSR count). The summed E-state index contributed by atoms with van der Waals surface area (Å²) in [7, 11) is 0. The van der Waals surface area contributed by atoms with Crippen molar-refractivity contribution in [3.8, 4) is 0 Å². The second kappa shape index (κ2) is 7.49. The predicted octanol–water partition coefficient (Wildman–Crippen LogP) is 4.16.